The van der Waals surface area contributed by atoms with E-state index in [0.717, 1.165) is 5.56 Å². The van der Waals surface area contributed by atoms with Crippen LogP contribution >= 0.6 is 0 Å². The van der Waals surface area contributed by atoms with Gasteiger partial charge in [-0.25, -0.2) is 0 Å². The van der Waals surface area contributed by atoms with E-state index in [9.17, 15) is 9.90 Å². The zero-order valence-electron chi connectivity index (χ0n) is 11.4. The van der Waals surface area contributed by atoms with Gasteiger partial charge >= 0.3 is 0 Å². The van der Waals surface area contributed by atoms with Crippen molar-refractivity contribution in [3.63, 3.8) is 0 Å². The topological polar surface area (TPSA) is 55.8 Å². The van der Waals surface area contributed by atoms with Gasteiger partial charge in [-0.2, -0.15) is 0 Å². The van der Waals surface area contributed by atoms with Crippen molar-refractivity contribution >= 4 is 5.78 Å². The molecule has 0 fully saturated rings. The Morgan fingerprint density at radius 3 is 2.45 bits per heavy atom. The monoisotopic (exact) mass is 272 g/mol. The maximum Gasteiger partial charge on any atom is 0.163 e. The molecule has 0 atom stereocenters. The average Bonchev–Trinajstić information content (AvgIpc) is 2.46. The third-order valence-corrected chi connectivity index (χ3v) is 2.90. The summed E-state index contributed by atoms with van der Waals surface area (Å²) in [6.07, 6.45) is 0. The number of hydrogen-bond acceptors (Lipinski definition) is 4. The molecule has 0 saturated heterocycles. The van der Waals surface area contributed by atoms with E-state index in [0.29, 0.717) is 23.7 Å². The lowest BCUT2D eigenvalue weighted by atomic mass is 10.1. The highest BCUT2D eigenvalue weighted by molar-refractivity contribution is 5.97. The Morgan fingerprint density at radius 2 is 1.85 bits per heavy atom. The third-order valence-electron chi connectivity index (χ3n) is 2.90. The second-order valence-corrected chi connectivity index (χ2v) is 4.37. The molecule has 2 rings (SSSR count). The quantitative estimate of drug-likeness (QED) is 0.849. The molecule has 20 heavy (non-hydrogen) atoms. The van der Waals surface area contributed by atoms with Crippen LogP contribution < -0.4 is 9.47 Å². The zero-order chi connectivity index (χ0) is 14.5. The minimum absolute atomic E-state index is 0.0617. The molecule has 2 aromatic carbocycles. The van der Waals surface area contributed by atoms with E-state index in [1.165, 1.54) is 6.92 Å². The molecule has 0 aliphatic heterocycles. The number of ether oxygens (including phenoxy) is 2. The van der Waals surface area contributed by atoms with Gasteiger partial charge in [0.1, 0.15) is 23.9 Å². The number of carbonyl (C=O) groups is 1. The minimum atomic E-state index is -0.0617. The summed E-state index contributed by atoms with van der Waals surface area (Å²) in [5.74, 6) is 1.27. The number of carbonyl (C=O) groups excluding carboxylic acids is 1. The second kappa shape index (κ2) is 6.10. The number of benzene rings is 2. The van der Waals surface area contributed by atoms with Crippen molar-refractivity contribution in [2.75, 3.05) is 7.11 Å². The van der Waals surface area contributed by atoms with Crippen LogP contribution in [-0.4, -0.2) is 18.0 Å². The standard InChI is InChI=1S/C16H16O4/c1-11(17)15-8-7-14(19-2)9-16(15)20-10-12-3-5-13(18)6-4-12/h3-9,18H,10H2,1-2H3. The first kappa shape index (κ1) is 13.9. The van der Waals surface area contributed by atoms with E-state index in [-0.39, 0.29) is 11.5 Å². The summed E-state index contributed by atoms with van der Waals surface area (Å²) in [6, 6.07) is 11.8. The molecule has 0 aliphatic carbocycles. The SMILES string of the molecule is COc1ccc(C(C)=O)c(OCc2ccc(O)cc2)c1. The fraction of sp³-hybridized carbons (Fsp3) is 0.188. The van der Waals surface area contributed by atoms with Crippen LogP contribution in [0, 0.1) is 0 Å². The number of rotatable bonds is 5. The molecule has 4 nitrogen and oxygen atoms in total. The maximum atomic E-state index is 11.6. The Morgan fingerprint density at radius 1 is 1.15 bits per heavy atom. The lowest BCUT2D eigenvalue weighted by Crippen LogP contribution is -2.02. The normalized spacial score (nSPS) is 10.1. The van der Waals surface area contributed by atoms with Gasteiger partial charge in [-0.1, -0.05) is 12.1 Å². The first-order chi connectivity index (χ1) is 9.60. The third kappa shape index (κ3) is 3.29. The van der Waals surface area contributed by atoms with Gasteiger partial charge in [-0.3, -0.25) is 4.79 Å². The highest BCUT2D eigenvalue weighted by atomic mass is 16.5. The Kier molecular flexibility index (Phi) is 4.25. The van der Waals surface area contributed by atoms with Gasteiger partial charge in [0, 0.05) is 6.07 Å². The van der Waals surface area contributed by atoms with Gasteiger partial charge in [0.25, 0.3) is 0 Å². The molecule has 1 N–H and O–H groups in total. The van der Waals surface area contributed by atoms with Crippen molar-refractivity contribution in [1.29, 1.82) is 0 Å². The first-order valence-corrected chi connectivity index (χ1v) is 6.20. The zero-order valence-corrected chi connectivity index (χ0v) is 11.4. The van der Waals surface area contributed by atoms with Crippen LogP contribution in [0.4, 0.5) is 0 Å². The molecular weight excluding hydrogens is 256 g/mol. The highest BCUT2D eigenvalue weighted by Crippen LogP contribution is 2.26. The molecule has 0 saturated carbocycles. The van der Waals surface area contributed by atoms with Crippen LogP contribution in [0.1, 0.15) is 22.8 Å². The Bertz CT molecular complexity index is 602. The van der Waals surface area contributed by atoms with E-state index in [2.05, 4.69) is 0 Å². The number of phenolic OH excluding ortho intramolecular Hbond substituents is 1. The summed E-state index contributed by atoms with van der Waals surface area (Å²) >= 11 is 0. The van der Waals surface area contributed by atoms with E-state index < -0.39 is 0 Å². The van der Waals surface area contributed by atoms with Gasteiger partial charge in [-0.05, 0) is 36.8 Å². The van der Waals surface area contributed by atoms with Crippen molar-refractivity contribution in [1.82, 2.24) is 0 Å². The smallest absolute Gasteiger partial charge is 0.163 e. The van der Waals surface area contributed by atoms with Crippen LogP contribution in [-0.2, 0) is 6.61 Å². The highest BCUT2D eigenvalue weighted by Gasteiger charge is 2.10. The first-order valence-electron chi connectivity index (χ1n) is 6.20. The van der Waals surface area contributed by atoms with Gasteiger partial charge in [-0.15, -0.1) is 0 Å². The molecule has 2 aromatic rings. The summed E-state index contributed by atoms with van der Waals surface area (Å²) < 4.78 is 10.8. The predicted molar refractivity (Wildman–Crippen MR) is 75.4 cm³/mol. The fourth-order valence-electron chi connectivity index (χ4n) is 1.79. The van der Waals surface area contributed by atoms with Crippen molar-refractivity contribution < 1.29 is 19.4 Å². The maximum absolute atomic E-state index is 11.6. The van der Waals surface area contributed by atoms with Crippen molar-refractivity contribution in [2.24, 2.45) is 0 Å². The van der Waals surface area contributed by atoms with Crippen molar-refractivity contribution in [2.45, 2.75) is 13.5 Å². The van der Waals surface area contributed by atoms with E-state index in [1.807, 2.05) is 0 Å². The van der Waals surface area contributed by atoms with Gasteiger partial charge in [0.15, 0.2) is 5.78 Å². The molecule has 104 valence electrons. The summed E-state index contributed by atoms with van der Waals surface area (Å²) in [6.45, 7) is 1.81. The summed E-state index contributed by atoms with van der Waals surface area (Å²) in [7, 11) is 1.56. The largest absolute Gasteiger partial charge is 0.508 e. The van der Waals surface area contributed by atoms with Crippen LogP contribution in [0.15, 0.2) is 42.5 Å². The molecule has 0 amide bonds. The summed E-state index contributed by atoms with van der Waals surface area (Å²) in [5.41, 5.74) is 1.42. The minimum Gasteiger partial charge on any atom is -0.508 e. The number of methoxy groups -OCH3 is 1. The predicted octanol–water partition coefficient (Wildman–Crippen LogP) is 3.18. The van der Waals surface area contributed by atoms with E-state index in [1.54, 1.807) is 49.6 Å². The van der Waals surface area contributed by atoms with Gasteiger partial charge in [0.05, 0.1) is 12.7 Å². The number of phenols is 1. The number of aromatic hydroxyl groups is 1. The molecule has 0 aliphatic rings. The van der Waals surface area contributed by atoms with Crippen molar-refractivity contribution in [3.8, 4) is 17.2 Å². The molecule has 0 unspecified atom stereocenters. The average molecular weight is 272 g/mol. The van der Waals surface area contributed by atoms with Gasteiger partial charge < -0.3 is 14.6 Å². The van der Waals surface area contributed by atoms with Crippen molar-refractivity contribution in [3.05, 3.63) is 53.6 Å². The molecule has 0 heterocycles. The van der Waals surface area contributed by atoms with E-state index in [4.69, 9.17) is 9.47 Å². The molecule has 0 bridgehead atoms. The molecule has 0 spiro atoms. The molecule has 0 radical (unpaired) electrons. The number of ketones is 1. The van der Waals surface area contributed by atoms with Crippen LogP contribution in [0.2, 0.25) is 0 Å². The number of Topliss-reactive ketones (excluding diaryl/α,β-unsaturated/α-hetero) is 1. The fourth-order valence-corrected chi connectivity index (χ4v) is 1.79. The lowest BCUT2D eigenvalue weighted by molar-refractivity contribution is 0.101. The molecule has 4 heteroatoms. The van der Waals surface area contributed by atoms with Crippen LogP contribution in [0.5, 0.6) is 17.2 Å². The van der Waals surface area contributed by atoms with Crippen LogP contribution in [0.3, 0.4) is 0 Å². The number of hydrogen-bond donors (Lipinski definition) is 1. The lowest BCUT2D eigenvalue weighted by Gasteiger charge is -2.11. The Hall–Kier alpha value is -2.49. The molecular formula is C16H16O4. The summed E-state index contributed by atoms with van der Waals surface area (Å²) in [5, 5.41) is 9.23. The second-order valence-electron chi connectivity index (χ2n) is 4.37. The van der Waals surface area contributed by atoms with E-state index >= 15 is 0 Å². The van der Waals surface area contributed by atoms with Gasteiger partial charge in [0.2, 0.25) is 0 Å². The van der Waals surface area contributed by atoms with Crippen LogP contribution in [0.25, 0.3) is 0 Å². The summed E-state index contributed by atoms with van der Waals surface area (Å²) in [4.78, 5) is 11.6. The Balaban J connectivity index is 2.18. The molecule has 0 aromatic heterocycles. The Labute approximate surface area is 117 Å².